The molecule has 1 aliphatic carbocycles. The Morgan fingerprint density at radius 2 is 1.74 bits per heavy atom. The highest BCUT2D eigenvalue weighted by atomic mass is 16.2. The normalized spacial score (nSPS) is 20.4. The Balaban J connectivity index is 1.73. The van der Waals surface area contributed by atoms with E-state index in [1.165, 1.54) is 24.2 Å². The first-order chi connectivity index (χ1) is 9.16. The monoisotopic (exact) mass is 267 g/mol. The maximum Gasteiger partial charge on any atom is 0.317 e. The Kier molecular flexibility index (Phi) is 5.05. The highest BCUT2D eigenvalue weighted by Gasteiger charge is 2.22. The van der Waals surface area contributed by atoms with Gasteiger partial charge in [-0.3, -0.25) is 4.79 Å². The molecule has 1 saturated heterocycles. The third kappa shape index (κ3) is 4.11. The predicted octanol–water partition coefficient (Wildman–Crippen LogP) is 1.58. The minimum atomic E-state index is -0.112. The fraction of sp³-hybridized carbons (Fsp3) is 0.857. The number of nitrogens with zero attached hydrogens (tertiary/aromatic N) is 2. The van der Waals surface area contributed by atoms with Gasteiger partial charge in [0, 0.05) is 26.2 Å². The van der Waals surface area contributed by atoms with Gasteiger partial charge in [0.1, 0.15) is 6.54 Å². The second-order valence-corrected chi connectivity index (χ2v) is 5.73. The molecule has 0 unspecified atom stereocenters. The Morgan fingerprint density at radius 3 is 2.37 bits per heavy atom. The third-order valence-electron chi connectivity index (χ3n) is 4.11. The maximum absolute atomic E-state index is 12.0. The number of likely N-dealkylation sites (tertiary alicyclic amines) is 1. The fourth-order valence-corrected chi connectivity index (χ4v) is 2.87. The zero-order chi connectivity index (χ0) is 13.7. The lowest BCUT2D eigenvalue weighted by Gasteiger charge is -2.27. The molecule has 1 saturated carbocycles. The lowest BCUT2D eigenvalue weighted by Crippen LogP contribution is -2.47. The van der Waals surface area contributed by atoms with Crippen molar-refractivity contribution in [3.8, 4) is 0 Å². The molecular formula is C14H25N3O2. The van der Waals surface area contributed by atoms with Crippen molar-refractivity contribution in [1.29, 1.82) is 0 Å². The molecule has 1 N–H and O–H groups in total. The number of amides is 3. The van der Waals surface area contributed by atoms with Crippen LogP contribution in [0.25, 0.3) is 0 Å². The maximum atomic E-state index is 12.0. The first kappa shape index (κ1) is 14.2. The Hall–Kier alpha value is -1.26. The van der Waals surface area contributed by atoms with Gasteiger partial charge < -0.3 is 15.1 Å². The molecule has 5 nitrogen and oxygen atoms in total. The Morgan fingerprint density at radius 1 is 1.11 bits per heavy atom. The summed E-state index contributed by atoms with van der Waals surface area (Å²) in [5.74, 6) is 0.0683. The highest BCUT2D eigenvalue weighted by Crippen LogP contribution is 2.17. The third-order valence-corrected chi connectivity index (χ3v) is 4.11. The molecule has 2 fully saturated rings. The molecule has 0 bridgehead atoms. The van der Waals surface area contributed by atoms with Gasteiger partial charge in [-0.1, -0.05) is 19.3 Å². The van der Waals surface area contributed by atoms with E-state index in [2.05, 4.69) is 5.32 Å². The minimum absolute atomic E-state index is 0.0683. The van der Waals surface area contributed by atoms with Gasteiger partial charge in [-0.2, -0.15) is 0 Å². The zero-order valence-electron chi connectivity index (χ0n) is 11.9. The number of urea groups is 1. The van der Waals surface area contributed by atoms with Crippen LogP contribution in [0.4, 0.5) is 4.79 Å². The molecule has 2 aliphatic rings. The number of carbonyl (C=O) groups excluding carboxylic acids is 2. The lowest BCUT2D eigenvalue weighted by molar-refractivity contribution is -0.130. The van der Waals surface area contributed by atoms with E-state index in [-0.39, 0.29) is 18.5 Å². The number of hydrogen-bond acceptors (Lipinski definition) is 2. The van der Waals surface area contributed by atoms with E-state index in [1.807, 2.05) is 4.90 Å². The summed E-state index contributed by atoms with van der Waals surface area (Å²) in [6.45, 7) is 1.88. The van der Waals surface area contributed by atoms with Gasteiger partial charge in [-0.15, -0.1) is 0 Å². The molecule has 0 aromatic heterocycles. The van der Waals surface area contributed by atoms with Gasteiger partial charge in [0.05, 0.1) is 0 Å². The van der Waals surface area contributed by atoms with Gasteiger partial charge in [0.15, 0.2) is 0 Å². The molecule has 19 heavy (non-hydrogen) atoms. The van der Waals surface area contributed by atoms with E-state index in [9.17, 15) is 9.59 Å². The Bertz CT molecular complexity index is 321. The van der Waals surface area contributed by atoms with Crippen LogP contribution in [0.5, 0.6) is 0 Å². The van der Waals surface area contributed by atoms with Crippen molar-refractivity contribution in [2.24, 2.45) is 0 Å². The van der Waals surface area contributed by atoms with Crippen molar-refractivity contribution in [3.05, 3.63) is 0 Å². The van der Waals surface area contributed by atoms with Crippen LogP contribution in [0.15, 0.2) is 0 Å². The summed E-state index contributed by atoms with van der Waals surface area (Å²) in [4.78, 5) is 27.3. The molecule has 2 rings (SSSR count). The van der Waals surface area contributed by atoms with Gasteiger partial charge in [0.25, 0.3) is 0 Å². The minimum Gasteiger partial charge on any atom is -0.341 e. The summed E-state index contributed by atoms with van der Waals surface area (Å²) in [6, 6.07) is 0.185. The van der Waals surface area contributed by atoms with E-state index in [4.69, 9.17) is 0 Å². The molecule has 0 spiro atoms. The number of carbonyl (C=O) groups is 2. The molecule has 0 aromatic rings. The summed E-state index contributed by atoms with van der Waals surface area (Å²) in [7, 11) is 1.70. The average Bonchev–Trinajstić information content (AvgIpc) is 2.93. The van der Waals surface area contributed by atoms with Crippen molar-refractivity contribution in [1.82, 2.24) is 15.1 Å². The van der Waals surface area contributed by atoms with Crippen LogP contribution in [0.2, 0.25) is 0 Å². The smallest absolute Gasteiger partial charge is 0.317 e. The highest BCUT2D eigenvalue weighted by molar-refractivity contribution is 5.84. The SMILES string of the molecule is CN(CC(=O)N1CCCC1)C(=O)NC1CCCCC1. The number of nitrogens with one attached hydrogen (secondary N) is 1. The summed E-state index contributed by atoms with van der Waals surface area (Å²) < 4.78 is 0. The van der Waals surface area contributed by atoms with Crippen LogP contribution in [0.1, 0.15) is 44.9 Å². The van der Waals surface area contributed by atoms with Crippen LogP contribution < -0.4 is 5.32 Å². The van der Waals surface area contributed by atoms with E-state index in [1.54, 1.807) is 7.05 Å². The molecule has 0 atom stereocenters. The van der Waals surface area contributed by atoms with E-state index in [0.717, 1.165) is 38.8 Å². The second-order valence-electron chi connectivity index (χ2n) is 5.73. The van der Waals surface area contributed by atoms with Gasteiger partial charge in [-0.25, -0.2) is 4.79 Å². The lowest BCUT2D eigenvalue weighted by atomic mass is 9.96. The second kappa shape index (κ2) is 6.78. The van der Waals surface area contributed by atoms with Crippen molar-refractivity contribution in [3.63, 3.8) is 0 Å². The average molecular weight is 267 g/mol. The Labute approximate surface area is 115 Å². The first-order valence-electron chi connectivity index (χ1n) is 7.46. The molecule has 5 heteroatoms. The quantitative estimate of drug-likeness (QED) is 0.844. The molecule has 108 valence electrons. The van der Waals surface area contributed by atoms with Gasteiger partial charge >= 0.3 is 6.03 Å². The summed E-state index contributed by atoms with van der Waals surface area (Å²) in [5.41, 5.74) is 0. The topological polar surface area (TPSA) is 52.7 Å². The molecular weight excluding hydrogens is 242 g/mol. The van der Waals surface area contributed by atoms with Gasteiger partial charge in [0.2, 0.25) is 5.91 Å². The van der Waals surface area contributed by atoms with Crippen LogP contribution in [0, 0.1) is 0 Å². The standard InChI is InChI=1S/C14H25N3O2/c1-16(11-13(18)17-9-5-6-10-17)14(19)15-12-7-3-2-4-8-12/h12H,2-11H2,1H3,(H,15,19). The van der Waals surface area contributed by atoms with Crippen LogP contribution in [-0.2, 0) is 4.79 Å². The van der Waals surface area contributed by atoms with Crippen LogP contribution in [0.3, 0.4) is 0 Å². The van der Waals surface area contributed by atoms with Crippen molar-refractivity contribution >= 4 is 11.9 Å². The fourth-order valence-electron chi connectivity index (χ4n) is 2.87. The number of rotatable bonds is 3. The first-order valence-corrected chi connectivity index (χ1v) is 7.46. The van der Waals surface area contributed by atoms with Gasteiger partial charge in [-0.05, 0) is 25.7 Å². The summed E-state index contributed by atoms with van der Waals surface area (Å²) >= 11 is 0. The van der Waals surface area contributed by atoms with Crippen molar-refractivity contribution in [2.45, 2.75) is 51.0 Å². The summed E-state index contributed by atoms with van der Waals surface area (Å²) in [6.07, 6.45) is 7.98. The predicted molar refractivity (Wildman–Crippen MR) is 73.8 cm³/mol. The van der Waals surface area contributed by atoms with E-state index >= 15 is 0 Å². The largest absolute Gasteiger partial charge is 0.341 e. The zero-order valence-corrected chi connectivity index (χ0v) is 11.9. The molecule has 0 radical (unpaired) electrons. The number of likely N-dealkylation sites (N-methyl/N-ethyl adjacent to an activating group) is 1. The van der Waals surface area contributed by atoms with Crippen LogP contribution >= 0.6 is 0 Å². The molecule has 0 aromatic carbocycles. The molecule has 1 aliphatic heterocycles. The van der Waals surface area contributed by atoms with E-state index < -0.39 is 0 Å². The van der Waals surface area contributed by atoms with Crippen LogP contribution in [-0.4, -0.2) is 54.5 Å². The molecule has 3 amide bonds. The van der Waals surface area contributed by atoms with Crippen molar-refractivity contribution in [2.75, 3.05) is 26.7 Å². The van der Waals surface area contributed by atoms with Crippen molar-refractivity contribution < 1.29 is 9.59 Å². The number of hydrogen-bond donors (Lipinski definition) is 1. The molecule has 1 heterocycles. The van der Waals surface area contributed by atoms with E-state index in [0.29, 0.717) is 6.04 Å². The summed E-state index contributed by atoms with van der Waals surface area (Å²) in [5, 5.41) is 3.03.